The van der Waals surface area contributed by atoms with Crippen LogP contribution in [-0.2, 0) is 14.8 Å². The van der Waals surface area contributed by atoms with Gasteiger partial charge in [-0.25, -0.2) is 26.7 Å². The van der Waals surface area contributed by atoms with Gasteiger partial charge in [-0.2, -0.15) is 0 Å². The van der Waals surface area contributed by atoms with Crippen LogP contribution in [0.3, 0.4) is 0 Å². The zero-order chi connectivity index (χ0) is 22.6. The van der Waals surface area contributed by atoms with E-state index in [0.29, 0.717) is 32.2 Å². The molecule has 3 aliphatic carbocycles. The Bertz CT molecular complexity index is 832. The van der Waals surface area contributed by atoms with Gasteiger partial charge in [0.25, 0.3) is 0 Å². The zero-order valence-corrected chi connectivity index (χ0v) is 19.0. The van der Waals surface area contributed by atoms with E-state index in [9.17, 15) is 26.8 Å². The second-order valence-corrected chi connectivity index (χ2v) is 12.2. The molecule has 1 saturated heterocycles. The average molecular weight is 462 g/mol. The van der Waals surface area contributed by atoms with Crippen LogP contribution >= 0.6 is 0 Å². The highest BCUT2D eigenvalue weighted by atomic mass is 32.2. The Balaban J connectivity index is 1.48. The second-order valence-electron chi connectivity index (χ2n) is 10.3. The molecule has 0 bridgehead atoms. The number of sulfonamides is 1. The predicted molar refractivity (Wildman–Crippen MR) is 111 cm³/mol. The molecule has 0 aromatic rings. The minimum absolute atomic E-state index is 0.0168. The van der Waals surface area contributed by atoms with Crippen LogP contribution in [0.4, 0.5) is 13.6 Å². The van der Waals surface area contributed by atoms with Crippen LogP contribution in [0.1, 0.15) is 64.7 Å². The SMILES string of the molecule is CN1C(=O)C2CC(S(=O)(=O)NC3(C)CC3)CCC2N(CC2CCCC(C(F)F)C2)C1=O. The van der Waals surface area contributed by atoms with Crippen molar-refractivity contribution in [3.05, 3.63) is 0 Å². The Morgan fingerprint density at radius 2 is 1.84 bits per heavy atom. The maximum atomic E-state index is 13.2. The number of nitrogens with one attached hydrogen (secondary N) is 1. The second kappa shape index (κ2) is 8.24. The van der Waals surface area contributed by atoms with Gasteiger partial charge >= 0.3 is 6.03 Å². The summed E-state index contributed by atoms with van der Waals surface area (Å²) in [5.74, 6) is -1.56. The maximum Gasteiger partial charge on any atom is 0.326 e. The molecule has 4 fully saturated rings. The molecule has 4 aliphatic rings. The fourth-order valence-electron chi connectivity index (χ4n) is 5.65. The van der Waals surface area contributed by atoms with Gasteiger partial charge in [-0.3, -0.25) is 9.69 Å². The lowest BCUT2D eigenvalue weighted by molar-refractivity contribution is -0.139. The van der Waals surface area contributed by atoms with Gasteiger partial charge < -0.3 is 4.90 Å². The van der Waals surface area contributed by atoms with Crippen LogP contribution < -0.4 is 4.72 Å². The van der Waals surface area contributed by atoms with Gasteiger partial charge in [0.05, 0.1) is 11.2 Å². The topological polar surface area (TPSA) is 86.8 Å². The fourth-order valence-corrected chi connectivity index (χ4v) is 7.61. The van der Waals surface area contributed by atoms with E-state index < -0.39 is 39.6 Å². The number of carbonyl (C=O) groups excluding carboxylic acids is 2. The van der Waals surface area contributed by atoms with E-state index in [1.807, 2.05) is 6.92 Å². The van der Waals surface area contributed by atoms with Gasteiger partial charge in [-0.05, 0) is 64.2 Å². The monoisotopic (exact) mass is 461 g/mol. The lowest BCUT2D eigenvalue weighted by atomic mass is 9.78. The largest absolute Gasteiger partial charge is 0.326 e. The third-order valence-electron chi connectivity index (χ3n) is 7.81. The minimum atomic E-state index is -3.55. The summed E-state index contributed by atoms with van der Waals surface area (Å²) in [7, 11) is -2.12. The number of fused-ring (bicyclic) bond motifs is 1. The summed E-state index contributed by atoms with van der Waals surface area (Å²) in [6.07, 6.45) is 2.70. The summed E-state index contributed by atoms with van der Waals surface area (Å²) in [4.78, 5) is 28.5. The Kier molecular flexibility index (Phi) is 6.09. The number of amides is 3. The molecule has 0 aromatic heterocycles. The number of hydrogen-bond donors (Lipinski definition) is 1. The van der Waals surface area contributed by atoms with Gasteiger partial charge in [0.15, 0.2) is 0 Å². The molecule has 3 amide bonds. The molecule has 5 unspecified atom stereocenters. The van der Waals surface area contributed by atoms with Crippen molar-refractivity contribution in [3.8, 4) is 0 Å². The van der Waals surface area contributed by atoms with Crippen molar-refractivity contribution in [1.29, 1.82) is 0 Å². The highest BCUT2D eigenvalue weighted by Crippen LogP contribution is 2.41. The van der Waals surface area contributed by atoms with E-state index in [4.69, 9.17) is 0 Å². The van der Waals surface area contributed by atoms with Crippen LogP contribution in [0.25, 0.3) is 0 Å². The molecule has 0 aromatic carbocycles. The van der Waals surface area contributed by atoms with E-state index >= 15 is 0 Å². The first kappa shape index (κ1) is 22.9. The molecule has 1 heterocycles. The number of urea groups is 1. The molecular formula is C21H33F2N3O4S. The van der Waals surface area contributed by atoms with Gasteiger partial charge in [0.2, 0.25) is 22.4 Å². The first-order chi connectivity index (χ1) is 14.5. The summed E-state index contributed by atoms with van der Waals surface area (Å²) in [5, 5.41) is -0.656. The van der Waals surface area contributed by atoms with Crippen molar-refractivity contribution in [1.82, 2.24) is 14.5 Å². The van der Waals surface area contributed by atoms with Gasteiger partial charge in [0, 0.05) is 31.1 Å². The maximum absolute atomic E-state index is 13.2. The number of halogens is 2. The summed E-state index contributed by atoms with van der Waals surface area (Å²) >= 11 is 0. The van der Waals surface area contributed by atoms with Crippen molar-refractivity contribution in [3.63, 3.8) is 0 Å². The first-order valence-electron chi connectivity index (χ1n) is 11.4. The van der Waals surface area contributed by atoms with E-state index in [1.165, 1.54) is 7.05 Å². The Morgan fingerprint density at radius 1 is 1.13 bits per heavy atom. The van der Waals surface area contributed by atoms with E-state index in [2.05, 4.69) is 4.72 Å². The van der Waals surface area contributed by atoms with E-state index in [1.54, 1.807) is 4.90 Å². The molecule has 1 aliphatic heterocycles. The number of nitrogens with zero attached hydrogens (tertiary/aromatic N) is 2. The Hall–Kier alpha value is -1.29. The number of alkyl halides is 2. The van der Waals surface area contributed by atoms with Crippen LogP contribution in [0.5, 0.6) is 0 Å². The van der Waals surface area contributed by atoms with Gasteiger partial charge in [-0.1, -0.05) is 6.42 Å². The van der Waals surface area contributed by atoms with Crippen molar-refractivity contribution in [2.45, 2.75) is 88.0 Å². The van der Waals surface area contributed by atoms with Crippen LogP contribution in [0, 0.1) is 17.8 Å². The lowest BCUT2D eigenvalue weighted by Gasteiger charge is -2.48. The van der Waals surface area contributed by atoms with Crippen molar-refractivity contribution < 1.29 is 26.8 Å². The van der Waals surface area contributed by atoms with Crippen LogP contribution in [0.2, 0.25) is 0 Å². The molecule has 1 N–H and O–H groups in total. The molecule has 31 heavy (non-hydrogen) atoms. The fraction of sp³-hybridized carbons (Fsp3) is 0.905. The molecule has 0 spiro atoms. The van der Waals surface area contributed by atoms with E-state index in [-0.39, 0.29) is 29.8 Å². The average Bonchev–Trinajstić information content (AvgIpc) is 3.45. The van der Waals surface area contributed by atoms with Crippen molar-refractivity contribution >= 4 is 22.0 Å². The smallest absolute Gasteiger partial charge is 0.320 e. The van der Waals surface area contributed by atoms with Crippen molar-refractivity contribution in [2.75, 3.05) is 13.6 Å². The minimum Gasteiger partial charge on any atom is -0.320 e. The molecule has 7 nitrogen and oxygen atoms in total. The van der Waals surface area contributed by atoms with Gasteiger partial charge in [0.1, 0.15) is 0 Å². The third kappa shape index (κ3) is 4.60. The van der Waals surface area contributed by atoms with Gasteiger partial charge in [-0.15, -0.1) is 0 Å². The van der Waals surface area contributed by atoms with Crippen LogP contribution in [0.15, 0.2) is 0 Å². The zero-order valence-electron chi connectivity index (χ0n) is 18.2. The molecule has 10 heteroatoms. The molecule has 3 saturated carbocycles. The summed E-state index contributed by atoms with van der Waals surface area (Å²) < 4.78 is 55.0. The number of rotatable bonds is 6. The Morgan fingerprint density at radius 3 is 2.48 bits per heavy atom. The molecular weight excluding hydrogens is 428 g/mol. The summed E-state index contributed by atoms with van der Waals surface area (Å²) in [6, 6.07) is -0.749. The highest BCUT2D eigenvalue weighted by molar-refractivity contribution is 7.90. The third-order valence-corrected chi connectivity index (χ3v) is 9.89. The standard InChI is InChI=1S/C21H33F2N3O4S/c1-21(8-9-21)24-31(29,30)15-6-7-17-16(11-15)19(27)25(2)20(28)26(17)12-13-4-3-5-14(10-13)18(22)23/h13-18,24H,3-12H2,1-2H3. The molecule has 5 atom stereocenters. The Labute approximate surface area is 182 Å². The number of carbonyl (C=O) groups is 2. The molecule has 176 valence electrons. The normalized spacial score (nSPS) is 36.0. The summed E-state index contributed by atoms with van der Waals surface area (Å²) in [6.45, 7) is 2.24. The van der Waals surface area contributed by atoms with E-state index in [0.717, 1.165) is 30.6 Å². The lowest BCUT2D eigenvalue weighted by Crippen LogP contribution is -2.64. The molecule has 0 radical (unpaired) electrons. The highest BCUT2D eigenvalue weighted by Gasteiger charge is 2.51. The molecule has 4 rings (SSSR count). The van der Waals surface area contributed by atoms with Crippen molar-refractivity contribution in [2.24, 2.45) is 17.8 Å². The number of imide groups is 1. The first-order valence-corrected chi connectivity index (χ1v) is 12.9. The van der Waals surface area contributed by atoms with Crippen LogP contribution in [-0.4, -0.2) is 67.0 Å². The quantitative estimate of drug-likeness (QED) is 0.659. The predicted octanol–water partition coefficient (Wildman–Crippen LogP) is 2.96. The number of hydrogen-bond acceptors (Lipinski definition) is 4. The summed E-state index contributed by atoms with van der Waals surface area (Å²) in [5.41, 5.74) is -0.368.